The normalized spacial score (nSPS) is 18.5. The summed E-state index contributed by atoms with van der Waals surface area (Å²) in [6.45, 7) is 0. The molecule has 0 aliphatic carbocycles. The van der Waals surface area contributed by atoms with Gasteiger partial charge in [-0.2, -0.15) is 13.2 Å². The molecule has 0 saturated carbocycles. The third kappa shape index (κ3) is 3.26. The number of alkyl halides is 3. The fraction of sp³-hybridized carbons (Fsp3) is 0.176. The maximum Gasteiger partial charge on any atom is 0.416 e. The molecule has 0 bridgehead atoms. The Hall–Kier alpha value is -2.41. The lowest BCUT2D eigenvalue weighted by atomic mass is 9.99. The Morgan fingerprint density at radius 1 is 1.08 bits per heavy atom. The molecule has 2 aromatic carbocycles. The predicted octanol–water partition coefficient (Wildman–Crippen LogP) is 4.06. The molecule has 1 aliphatic rings. The molecule has 0 radical (unpaired) electrons. The van der Waals surface area contributed by atoms with Crippen molar-refractivity contribution in [3.05, 3.63) is 65.7 Å². The molecule has 7 heteroatoms. The topological polar surface area (TPSA) is 32.3 Å². The van der Waals surface area contributed by atoms with Gasteiger partial charge in [0.1, 0.15) is 0 Å². The van der Waals surface area contributed by atoms with E-state index in [1.165, 1.54) is 6.07 Å². The molecule has 0 aromatic heterocycles. The van der Waals surface area contributed by atoms with Crippen LogP contribution in [0.5, 0.6) is 0 Å². The fourth-order valence-corrected chi connectivity index (χ4v) is 3.06. The van der Waals surface area contributed by atoms with E-state index in [1.54, 1.807) is 11.0 Å². The van der Waals surface area contributed by atoms with Crippen molar-refractivity contribution in [2.24, 2.45) is 0 Å². The number of carbonyl (C=O) groups is 1. The predicted molar refractivity (Wildman–Crippen MR) is 88.5 cm³/mol. The van der Waals surface area contributed by atoms with Gasteiger partial charge in [0.15, 0.2) is 5.11 Å². The molecule has 124 valence electrons. The van der Waals surface area contributed by atoms with Crippen LogP contribution in [-0.2, 0) is 11.0 Å². The average molecular weight is 350 g/mol. The fourth-order valence-electron chi connectivity index (χ4n) is 2.71. The van der Waals surface area contributed by atoms with E-state index in [9.17, 15) is 18.0 Å². The Morgan fingerprint density at radius 3 is 2.46 bits per heavy atom. The summed E-state index contributed by atoms with van der Waals surface area (Å²) in [5, 5.41) is 2.62. The zero-order valence-electron chi connectivity index (χ0n) is 12.4. The van der Waals surface area contributed by atoms with E-state index in [0.29, 0.717) is 5.69 Å². The van der Waals surface area contributed by atoms with Gasteiger partial charge in [0.2, 0.25) is 5.91 Å². The van der Waals surface area contributed by atoms with Crippen LogP contribution >= 0.6 is 12.2 Å². The van der Waals surface area contributed by atoms with Crippen LogP contribution in [0.1, 0.15) is 23.6 Å². The van der Waals surface area contributed by atoms with E-state index in [4.69, 9.17) is 12.2 Å². The van der Waals surface area contributed by atoms with Crippen LogP contribution in [0.3, 0.4) is 0 Å². The second-order valence-electron chi connectivity index (χ2n) is 5.40. The number of hydrogen-bond donors (Lipinski definition) is 1. The summed E-state index contributed by atoms with van der Waals surface area (Å²) < 4.78 is 39.0. The molecule has 1 saturated heterocycles. The summed E-state index contributed by atoms with van der Waals surface area (Å²) in [7, 11) is 0. The number of rotatable bonds is 2. The van der Waals surface area contributed by atoms with E-state index in [2.05, 4.69) is 5.32 Å². The zero-order chi connectivity index (χ0) is 17.3. The van der Waals surface area contributed by atoms with E-state index in [0.717, 1.165) is 17.7 Å². The Kier molecular flexibility index (Phi) is 4.28. The summed E-state index contributed by atoms with van der Waals surface area (Å²) in [4.78, 5) is 13.4. The molecule has 3 nitrogen and oxygen atoms in total. The van der Waals surface area contributed by atoms with Crippen LogP contribution in [0.15, 0.2) is 54.6 Å². The van der Waals surface area contributed by atoms with Crippen molar-refractivity contribution in [2.75, 3.05) is 4.90 Å². The highest BCUT2D eigenvalue weighted by atomic mass is 32.1. The molecule has 1 fully saturated rings. The van der Waals surface area contributed by atoms with Crippen LogP contribution < -0.4 is 10.2 Å². The Labute approximate surface area is 142 Å². The number of nitrogens with zero attached hydrogens (tertiary/aromatic N) is 1. The second-order valence-corrected chi connectivity index (χ2v) is 5.79. The van der Waals surface area contributed by atoms with Crippen molar-refractivity contribution < 1.29 is 18.0 Å². The van der Waals surface area contributed by atoms with Crippen LogP contribution in [0.4, 0.5) is 18.9 Å². The lowest BCUT2D eigenvalue weighted by Crippen LogP contribution is -2.51. The van der Waals surface area contributed by atoms with Crippen molar-refractivity contribution in [1.82, 2.24) is 5.32 Å². The third-order valence-corrected chi connectivity index (χ3v) is 4.09. The molecule has 1 unspecified atom stereocenters. The molecule has 1 aliphatic heterocycles. The van der Waals surface area contributed by atoms with Gasteiger partial charge in [-0.1, -0.05) is 36.4 Å². The third-order valence-electron chi connectivity index (χ3n) is 3.79. The Bertz CT molecular complexity index is 777. The first kappa shape index (κ1) is 16.4. The van der Waals surface area contributed by atoms with E-state index in [1.807, 2.05) is 30.3 Å². The molecule has 24 heavy (non-hydrogen) atoms. The molecule has 2 aromatic rings. The molecular formula is C17H13F3N2OS. The number of amides is 1. The van der Waals surface area contributed by atoms with Gasteiger partial charge < -0.3 is 10.2 Å². The Morgan fingerprint density at radius 2 is 1.79 bits per heavy atom. The maximum atomic E-state index is 13.0. The van der Waals surface area contributed by atoms with E-state index in [-0.39, 0.29) is 17.4 Å². The minimum atomic E-state index is -4.45. The maximum absolute atomic E-state index is 13.0. The van der Waals surface area contributed by atoms with E-state index >= 15 is 0 Å². The van der Waals surface area contributed by atoms with Gasteiger partial charge in [-0.3, -0.25) is 4.79 Å². The van der Waals surface area contributed by atoms with Gasteiger partial charge in [-0.05, 0) is 36.0 Å². The standard InChI is InChI=1S/C17H13F3N2OS/c18-17(19,20)12-7-4-8-13(9-12)22-14(10-15(23)21-16(22)24)11-5-2-1-3-6-11/h1-9,14H,10H2,(H,21,23,24). The van der Waals surface area contributed by atoms with Gasteiger partial charge >= 0.3 is 6.18 Å². The highest BCUT2D eigenvalue weighted by Crippen LogP contribution is 2.36. The number of thiocarbonyl (C=S) groups is 1. The minimum Gasteiger partial charge on any atom is -0.311 e. The first-order chi connectivity index (χ1) is 11.4. The largest absolute Gasteiger partial charge is 0.416 e. The van der Waals surface area contributed by atoms with Crippen molar-refractivity contribution in [3.63, 3.8) is 0 Å². The lowest BCUT2D eigenvalue weighted by Gasteiger charge is -2.37. The number of anilines is 1. The number of nitrogens with one attached hydrogen (secondary N) is 1. The number of carbonyl (C=O) groups excluding carboxylic acids is 1. The van der Waals surface area contributed by atoms with Crippen LogP contribution in [0.2, 0.25) is 0 Å². The quantitative estimate of drug-likeness (QED) is 0.829. The van der Waals surface area contributed by atoms with Gasteiger partial charge in [0.05, 0.1) is 18.0 Å². The van der Waals surface area contributed by atoms with Crippen molar-refractivity contribution in [3.8, 4) is 0 Å². The first-order valence-corrected chi connectivity index (χ1v) is 7.62. The van der Waals surface area contributed by atoms with Crippen molar-refractivity contribution in [2.45, 2.75) is 18.6 Å². The minimum absolute atomic E-state index is 0.0967. The highest BCUT2D eigenvalue weighted by Gasteiger charge is 2.35. The average Bonchev–Trinajstić information content (AvgIpc) is 2.54. The van der Waals surface area contributed by atoms with Gasteiger partial charge in [0.25, 0.3) is 0 Å². The number of hydrogen-bond acceptors (Lipinski definition) is 2. The summed E-state index contributed by atoms with van der Waals surface area (Å²) in [5.41, 5.74) is 0.349. The van der Waals surface area contributed by atoms with Gasteiger partial charge in [-0.25, -0.2) is 0 Å². The van der Waals surface area contributed by atoms with Crippen LogP contribution in [0.25, 0.3) is 0 Å². The van der Waals surface area contributed by atoms with Gasteiger partial charge in [0, 0.05) is 5.69 Å². The molecular weight excluding hydrogens is 337 g/mol. The summed E-state index contributed by atoms with van der Waals surface area (Å²) in [6, 6.07) is 13.6. The smallest absolute Gasteiger partial charge is 0.311 e. The molecule has 1 amide bonds. The molecule has 0 spiro atoms. The van der Waals surface area contributed by atoms with Crippen molar-refractivity contribution in [1.29, 1.82) is 0 Å². The second kappa shape index (κ2) is 6.24. The van der Waals surface area contributed by atoms with E-state index < -0.39 is 17.8 Å². The number of halogens is 3. The van der Waals surface area contributed by atoms with Gasteiger partial charge in [-0.15, -0.1) is 0 Å². The molecule has 1 N–H and O–H groups in total. The number of benzene rings is 2. The SMILES string of the molecule is O=C1CC(c2ccccc2)N(c2cccc(C(F)(F)F)c2)C(=S)N1. The monoisotopic (exact) mass is 350 g/mol. The first-order valence-electron chi connectivity index (χ1n) is 7.21. The molecule has 1 atom stereocenters. The van der Waals surface area contributed by atoms with Crippen LogP contribution in [0, 0.1) is 0 Å². The lowest BCUT2D eigenvalue weighted by molar-refractivity contribution is -0.137. The van der Waals surface area contributed by atoms with Crippen molar-refractivity contribution >= 4 is 28.9 Å². The molecule has 3 rings (SSSR count). The van der Waals surface area contributed by atoms with Crippen LogP contribution in [-0.4, -0.2) is 11.0 Å². The Balaban J connectivity index is 2.05. The summed E-state index contributed by atoms with van der Waals surface area (Å²) >= 11 is 5.21. The summed E-state index contributed by atoms with van der Waals surface area (Å²) in [6.07, 6.45) is -4.33. The zero-order valence-corrected chi connectivity index (χ0v) is 13.2. The highest BCUT2D eigenvalue weighted by molar-refractivity contribution is 7.80. The molecule has 1 heterocycles. The summed E-state index contributed by atoms with van der Waals surface area (Å²) in [5.74, 6) is -0.253.